The lowest BCUT2D eigenvalue weighted by molar-refractivity contribution is 0.0696. The van der Waals surface area contributed by atoms with Crippen LogP contribution in [0.3, 0.4) is 0 Å². The van der Waals surface area contributed by atoms with Crippen molar-refractivity contribution in [3.63, 3.8) is 0 Å². The third-order valence-electron chi connectivity index (χ3n) is 3.63. The molecule has 0 heterocycles. The van der Waals surface area contributed by atoms with E-state index < -0.39 is 17.8 Å². The van der Waals surface area contributed by atoms with Gasteiger partial charge in [-0.3, -0.25) is 4.79 Å². The van der Waals surface area contributed by atoms with Crippen molar-refractivity contribution in [2.24, 2.45) is 0 Å². The summed E-state index contributed by atoms with van der Waals surface area (Å²) < 4.78 is 0. The SMILES string of the molecule is O=C(O)c1cc(C(=O)O)cc(C(=O)NC2CCCCC2)c1. The van der Waals surface area contributed by atoms with Crippen LogP contribution in [0, 0.1) is 0 Å². The zero-order valence-corrected chi connectivity index (χ0v) is 11.5. The van der Waals surface area contributed by atoms with E-state index in [1.807, 2.05) is 0 Å². The number of amides is 1. The van der Waals surface area contributed by atoms with E-state index in [0.29, 0.717) is 0 Å². The van der Waals surface area contributed by atoms with Crippen LogP contribution in [0.2, 0.25) is 0 Å². The lowest BCUT2D eigenvalue weighted by Gasteiger charge is -2.22. The van der Waals surface area contributed by atoms with Gasteiger partial charge in [-0.05, 0) is 31.0 Å². The van der Waals surface area contributed by atoms with Gasteiger partial charge in [-0.2, -0.15) is 0 Å². The summed E-state index contributed by atoms with van der Waals surface area (Å²) >= 11 is 0. The number of carboxylic acid groups (broad SMARTS) is 2. The molecule has 1 aromatic carbocycles. The minimum Gasteiger partial charge on any atom is -0.478 e. The third kappa shape index (κ3) is 3.81. The molecule has 0 saturated heterocycles. The second kappa shape index (κ2) is 6.39. The molecule has 0 unspecified atom stereocenters. The number of benzene rings is 1. The highest BCUT2D eigenvalue weighted by Gasteiger charge is 2.19. The molecule has 1 saturated carbocycles. The summed E-state index contributed by atoms with van der Waals surface area (Å²) in [5.74, 6) is -2.94. The van der Waals surface area contributed by atoms with Gasteiger partial charge in [0, 0.05) is 11.6 Å². The van der Waals surface area contributed by atoms with E-state index in [4.69, 9.17) is 10.2 Å². The molecule has 6 heteroatoms. The molecular weight excluding hydrogens is 274 g/mol. The second-order valence-corrected chi connectivity index (χ2v) is 5.22. The number of carboxylic acids is 2. The Hall–Kier alpha value is -2.37. The molecule has 1 amide bonds. The predicted molar refractivity (Wildman–Crippen MR) is 74.7 cm³/mol. The molecule has 6 nitrogen and oxygen atoms in total. The second-order valence-electron chi connectivity index (χ2n) is 5.22. The number of hydrogen-bond donors (Lipinski definition) is 3. The first-order chi connectivity index (χ1) is 9.97. The van der Waals surface area contributed by atoms with Gasteiger partial charge in [0.1, 0.15) is 0 Å². The van der Waals surface area contributed by atoms with Gasteiger partial charge in [0.05, 0.1) is 11.1 Å². The Morgan fingerprint density at radius 3 is 1.81 bits per heavy atom. The Bertz CT molecular complexity index is 543. The van der Waals surface area contributed by atoms with Gasteiger partial charge in [0.2, 0.25) is 0 Å². The van der Waals surface area contributed by atoms with Gasteiger partial charge in [0.15, 0.2) is 0 Å². The lowest BCUT2D eigenvalue weighted by Crippen LogP contribution is -2.36. The fraction of sp³-hybridized carbons (Fsp3) is 0.400. The smallest absolute Gasteiger partial charge is 0.335 e. The zero-order valence-electron chi connectivity index (χ0n) is 11.5. The molecule has 21 heavy (non-hydrogen) atoms. The molecular formula is C15H17NO5. The van der Waals surface area contributed by atoms with E-state index >= 15 is 0 Å². The van der Waals surface area contributed by atoms with Crippen LogP contribution in [0.4, 0.5) is 0 Å². The number of carbonyl (C=O) groups is 3. The number of carbonyl (C=O) groups excluding carboxylic acids is 1. The molecule has 0 spiro atoms. The van der Waals surface area contributed by atoms with Crippen LogP contribution in [0.5, 0.6) is 0 Å². The van der Waals surface area contributed by atoms with Gasteiger partial charge >= 0.3 is 11.9 Å². The normalized spacial score (nSPS) is 15.4. The highest BCUT2D eigenvalue weighted by molar-refractivity contribution is 6.01. The molecule has 112 valence electrons. The van der Waals surface area contributed by atoms with Crippen molar-refractivity contribution in [3.8, 4) is 0 Å². The quantitative estimate of drug-likeness (QED) is 0.788. The summed E-state index contributed by atoms with van der Waals surface area (Å²) in [6, 6.07) is 3.52. The lowest BCUT2D eigenvalue weighted by atomic mass is 9.95. The van der Waals surface area contributed by atoms with E-state index in [1.54, 1.807) is 0 Å². The van der Waals surface area contributed by atoms with Gasteiger partial charge < -0.3 is 15.5 Å². The van der Waals surface area contributed by atoms with Gasteiger partial charge in [-0.15, -0.1) is 0 Å². The Kier molecular flexibility index (Phi) is 4.57. The van der Waals surface area contributed by atoms with Gasteiger partial charge in [-0.1, -0.05) is 19.3 Å². The summed E-state index contributed by atoms with van der Waals surface area (Å²) in [4.78, 5) is 34.2. The van der Waals surface area contributed by atoms with Crippen LogP contribution in [-0.4, -0.2) is 34.1 Å². The van der Waals surface area contributed by atoms with Crippen LogP contribution < -0.4 is 5.32 Å². The van der Waals surface area contributed by atoms with E-state index in [1.165, 1.54) is 12.1 Å². The van der Waals surface area contributed by atoms with Crippen LogP contribution in [0.15, 0.2) is 18.2 Å². The monoisotopic (exact) mass is 291 g/mol. The predicted octanol–water partition coefficient (Wildman–Crippen LogP) is 2.15. The number of hydrogen-bond acceptors (Lipinski definition) is 3. The van der Waals surface area contributed by atoms with Crippen molar-refractivity contribution in [1.82, 2.24) is 5.32 Å². The summed E-state index contributed by atoms with van der Waals surface area (Å²) in [6.07, 6.45) is 5.07. The van der Waals surface area contributed by atoms with Crippen molar-refractivity contribution < 1.29 is 24.6 Å². The number of aromatic carboxylic acids is 2. The number of rotatable bonds is 4. The molecule has 1 fully saturated rings. The Morgan fingerprint density at radius 1 is 0.857 bits per heavy atom. The third-order valence-corrected chi connectivity index (χ3v) is 3.63. The average Bonchev–Trinajstić information content (AvgIpc) is 2.47. The molecule has 0 atom stereocenters. The molecule has 2 rings (SSSR count). The van der Waals surface area contributed by atoms with E-state index in [-0.39, 0.29) is 22.7 Å². The summed E-state index contributed by atoms with van der Waals surface area (Å²) in [7, 11) is 0. The molecule has 0 aromatic heterocycles. The van der Waals surface area contributed by atoms with Gasteiger partial charge in [-0.25, -0.2) is 9.59 Å². The average molecular weight is 291 g/mol. The van der Waals surface area contributed by atoms with Crippen molar-refractivity contribution >= 4 is 17.8 Å². The first-order valence-electron chi connectivity index (χ1n) is 6.90. The van der Waals surface area contributed by atoms with E-state index in [9.17, 15) is 14.4 Å². The first-order valence-corrected chi connectivity index (χ1v) is 6.90. The standard InChI is InChI=1S/C15H17NO5/c17-13(16-12-4-2-1-3-5-12)9-6-10(14(18)19)8-11(7-9)15(20)21/h6-8,12H,1-5H2,(H,16,17)(H,18,19)(H,20,21). The van der Waals surface area contributed by atoms with Gasteiger partial charge in [0.25, 0.3) is 5.91 Å². The summed E-state index contributed by atoms with van der Waals surface area (Å²) in [5.41, 5.74) is -0.342. The minimum absolute atomic E-state index is 0.0675. The van der Waals surface area contributed by atoms with Crippen molar-refractivity contribution in [1.29, 1.82) is 0 Å². The van der Waals surface area contributed by atoms with Crippen LogP contribution >= 0.6 is 0 Å². The largest absolute Gasteiger partial charge is 0.478 e. The number of nitrogens with one attached hydrogen (secondary N) is 1. The van der Waals surface area contributed by atoms with Crippen molar-refractivity contribution in [2.45, 2.75) is 38.1 Å². The fourth-order valence-corrected chi connectivity index (χ4v) is 2.52. The van der Waals surface area contributed by atoms with Crippen molar-refractivity contribution in [2.75, 3.05) is 0 Å². The molecule has 0 bridgehead atoms. The maximum atomic E-state index is 12.2. The molecule has 1 aliphatic rings. The Morgan fingerprint density at radius 2 is 1.33 bits per heavy atom. The van der Waals surface area contributed by atoms with Crippen LogP contribution in [0.1, 0.15) is 63.2 Å². The van der Waals surface area contributed by atoms with Crippen molar-refractivity contribution in [3.05, 3.63) is 34.9 Å². The van der Waals surface area contributed by atoms with E-state index in [0.717, 1.165) is 38.2 Å². The minimum atomic E-state index is -1.26. The Labute approximate surface area is 121 Å². The summed E-state index contributed by atoms with van der Waals surface area (Å²) in [5, 5.41) is 20.8. The van der Waals surface area contributed by atoms with Crippen LogP contribution in [-0.2, 0) is 0 Å². The van der Waals surface area contributed by atoms with Crippen LogP contribution in [0.25, 0.3) is 0 Å². The molecule has 0 radical (unpaired) electrons. The molecule has 1 aliphatic carbocycles. The molecule has 0 aliphatic heterocycles. The highest BCUT2D eigenvalue weighted by Crippen LogP contribution is 2.18. The van der Waals surface area contributed by atoms with E-state index in [2.05, 4.69) is 5.32 Å². The Balaban J connectivity index is 2.22. The zero-order chi connectivity index (χ0) is 15.4. The first kappa shape index (κ1) is 15.0. The maximum absolute atomic E-state index is 12.2. The maximum Gasteiger partial charge on any atom is 0.335 e. The fourth-order valence-electron chi connectivity index (χ4n) is 2.52. The topological polar surface area (TPSA) is 104 Å². The summed E-state index contributed by atoms with van der Waals surface area (Å²) in [6.45, 7) is 0. The highest BCUT2D eigenvalue weighted by atomic mass is 16.4. The molecule has 1 aromatic rings. The molecule has 3 N–H and O–H groups in total.